The van der Waals surface area contributed by atoms with E-state index in [9.17, 15) is 0 Å². The summed E-state index contributed by atoms with van der Waals surface area (Å²) in [4.78, 5) is 0. The minimum atomic E-state index is 0.547. The van der Waals surface area contributed by atoms with Gasteiger partial charge in [-0.3, -0.25) is 4.68 Å². The van der Waals surface area contributed by atoms with Gasteiger partial charge in [0.25, 0.3) is 0 Å². The predicted octanol–water partition coefficient (Wildman–Crippen LogP) is 3.04. The van der Waals surface area contributed by atoms with Crippen LogP contribution in [0.5, 0.6) is 0 Å². The predicted molar refractivity (Wildman–Crippen MR) is 56.6 cm³/mol. The standard InChI is InChI=1S/C10H7Cl2N2/c11-9-3-1-4-10(12)8(9)7-14-6-2-5-13-14/h1-5H,7H2. The van der Waals surface area contributed by atoms with Gasteiger partial charge in [-0.15, -0.1) is 0 Å². The zero-order chi connectivity index (χ0) is 9.97. The van der Waals surface area contributed by atoms with Gasteiger partial charge in [0.1, 0.15) is 0 Å². The molecule has 0 saturated heterocycles. The lowest BCUT2D eigenvalue weighted by Gasteiger charge is -2.06. The maximum atomic E-state index is 6.01. The average Bonchev–Trinajstić information content (AvgIpc) is 2.64. The number of nitrogens with zero attached hydrogens (tertiary/aromatic N) is 2. The number of rotatable bonds is 2. The zero-order valence-electron chi connectivity index (χ0n) is 7.24. The summed E-state index contributed by atoms with van der Waals surface area (Å²) in [5.74, 6) is 0. The molecule has 1 aromatic heterocycles. The van der Waals surface area contributed by atoms with Gasteiger partial charge in [-0.2, -0.15) is 5.10 Å². The quantitative estimate of drug-likeness (QED) is 0.769. The summed E-state index contributed by atoms with van der Waals surface area (Å²) in [6.45, 7) is 0.547. The highest BCUT2D eigenvalue weighted by Gasteiger charge is 2.05. The van der Waals surface area contributed by atoms with Gasteiger partial charge in [-0.25, -0.2) is 0 Å². The van der Waals surface area contributed by atoms with Gasteiger partial charge in [-0.1, -0.05) is 29.3 Å². The van der Waals surface area contributed by atoms with Crippen LogP contribution in [0.1, 0.15) is 5.56 Å². The monoisotopic (exact) mass is 225 g/mol. The van der Waals surface area contributed by atoms with Crippen molar-refractivity contribution >= 4 is 23.2 Å². The molecule has 1 heterocycles. The van der Waals surface area contributed by atoms with Crippen molar-refractivity contribution in [1.29, 1.82) is 0 Å². The Bertz CT molecular complexity index is 403. The molecule has 71 valence electrons. The maximum Gasteiger partial charge on any atom is 0.0867 e. The van der Waals surface area contributed by atoms with Crippen LogP contribution in [0.2, 0.25) is 10.0 Å². The minimum absolute atomic E-state index is 0.547. The third kappa shape index (κ3) is 1.91. The van der Waals surface area contributed by atoms with Crippen molar-refractivity contribution in [2.24, 2.45) is 0 Å². The summed E-state index contributed by atoms with van der Waals surface area (Å²) < 4.78 is 1.66. The van der Waals surface area contributed by atoms with Crippen LogP contribution in [0.25, 0.3) is 0 Å². The van der Waals surface area contributed by atoms with E-state index in [1.807, 2.05) is 18.2 Å². The molecule has 0 spiro atoms. The number of benzene rings is 1. The molecule has 2 aromatic rings. The van der Waals surface area contributed by atoms with Crippen LogP contribution < -0.4 is 0 Å². The van der Waals surface area contributed by atoms with E-state index in [4.69, 9.17) is 23.2 Å². The average molecular weight is 226 g/mol. The van der Waals surface area contributed by atoms with E-state index in [-0.39, 0.29) is 0 Å². The summed E-state index contributed by atoms with van der Waals surface area (Å²) in [6.07, 6.45) is 4.60. The van der Waals surface area contributed by atoms with Gasteiger partial charge in [0.2, 0.25) is 0 Å². The fraction of sp³-hybridized carbons (Fsp3) is 0.100. The van der Waals surface area contributed by atoms with E-state index in [1.165, 1.54) is 0 Å². The van der Waals surface area contributed by atoms with E-state index >= 15 is 0 Å². The highest BCUT2D eigenvalue weighted by molar-refractivity contribution is 6.35. The van der Waals surface area contributed by atoms with E-state index in [2.05, 4.69) is 11.3 Å². The van der Waals surface area contributed by atoms with Crippen LogP contribution in [-0.4, -0.2) is 9.78 Å². The Balaban J connectivity index is 2.33. The number of hydrogen-bond donors (Lipinski definition) is 0. The van der Waals surface area contributed by atoms with Gasteiger partial charge in [0.15, 0.2) is 0 Å². The second-order valence-electron chi connectivity index (χ2n) is 2.82. The maximum absolute atomic E-state index is 6.01. The first kappa shape index (κ1) is 9.56. The van der Waals surface area contributed by atoms with Crippen LogP contribution in [-0.2, 0) is 6.54 Å². The lowest BCUT2D eigenvalue weighted by Crippen LogP contribution is -2.01. The Labute approximate surface area is 92.1 Å². The number of halogens is 2. The Morgan fingerprint density at radius 3 is 2.57 bits per heavy atom. The van der Waals surface area contributed by atoms with Crippen molar-refractivity contribution in [2.75, 3.05) is 0 Å². The Morgan fingerprint density at radius 1 is 1.29 bits per heavy atom. The number of aromatic nitrogens is 2. The molecule has 0 amide bonds. The van der Waals surface area contributed by atoms with Crippen molar-refractivity contribution in [2.45, 2.75) is 6.54 Å². The third-order valence-electron chi connectivity index (χ3n) is 1.87. The van der Waals surface area contributed by atoms with Crippen molar-refractivity contribution in [1.82, 2.24) is 9.78 Å². The van der Waals surface area contributed by atoms with Crippen molar-refractivity contribution in [3.05, 3.63) is 52.3 Å². The molecule has 0 unspecified atom stereocenters. The first-order valence-corrected chi connectivity index (χ1v) is 4.85. The molecule has 2 nitrogen and oxygen atoms in total. The zero-order valence-corrected chi connectivity index (χ0v) is 8.76. The Hall–Kier alpha value is -0.990. The normalized spacial score (nSPS) is 10.4. The topological polar surface area (TPSA) is 17.8 Å². The largest absolute Gasteiger partial charge is 0.259 e. The SMILES string of the molecule is Clc1cccc(Cl)c1Cn1[c]ccn1. The molecule has 0 aliphatic carbocycles. The van der Waals surface area contributed by atoms with E-state index in [1.54, 1.807) is 16.9 Å². The summed E-state index contributed by atoms with van der Waals surface area (Å²) in [6, 6.07) is 7.18. The van der Waals surface area contributed by atoms with Gasteiger partial charge < -0.3 is 0 Å². The second-order valence-corrected chi connectivity index (χ2v) is 3.63. The van der Waals surface area contributed by atoms with Crippen LogP contribution in [0.4, 0.5) is 0 Å². The fourth-order valence-corrected chi connectivity index (χ4v) is 1.70. The Kier molecular flexibility index (Phi) is 2.75. The second kappa shape index (κ2) is 4.03. The number of hydrogen-bond acceptors (Lipinski definition) is 1. The molecular weight excluding hydrogens is 219 g/mol. The van der Waals surface area contributed by atoms with Gasteiger partial charge in [0.05, 0.1) is 12.7 Å². The van der Waals surface area contributed by atoms with Gasteiger partial charge >= 0.3 is 0 Å². The smallest absolute Gasteiger partial charge is 0.0867 e. The van der Waals surface area contributed by atoms with Crippen LogP contribution >= 0.6 is 23.2 Å². The van der Waals surface area contributed by atoms with Crippen molar-refractivity contribution in [3.8, 4) is 0 Å². The molecule has 0 N–H and O–H groups in total. The molecule has 1 radical (unpaired) electrons. The van der Waals surface area contributed by atoms with Gasteiger partial charge in [0, 0.05) is 21.8 Å². The first-order chi connectivity index (χ1) is 6.77. The highest BCUT2D eigenvalue weighted by atomic mass is 35.5. The van der Waals surface area contributed by atoms with Gasteiger partial charge in [-0.05, 0) is 18.2 Å². The fourth-order valence-electron chi connectivity index (χ4n) is 1.19. The summed E-state index contributed by atoms with van der Waals surface area (Å²) in [5, 5.41) is 5.35. The summed E-state index contributed by atoms with van der Waals surface area (Å²) in [7, 11) is 0. The molecule has 2 rings (SSSR count). The highest BCUT2D eigenvalue weighted by Crippen LogP contribution is 2.24. The first-order valence-electron chi connectivity index (χ1n) is 4.10. The molecule has 0 aliphatic rings. The summed E-state index contributed by atoms with van der Waals surface area (Å²) >= 11 is 12.0. The molecular formula is C10H7Cl2N2. The van der Waals surface area contributed by atoms with E-state index in [0.29, 0.717) is 16.6 Å². The van der Waals surface area contributed by atoms with Crippen molar-refractivity contribution in [3.63, 3.8) is 0 Å². The molecule has 0 saturated carbocycles. The van der Waals surface area contributed by atoms with Crippen LogP contribution in [0.3, 0.4) is 0 Å². The van der Waals surface area contributed by atoms with Crippen LogP contribution in [0.15, 0.2) is 30.5 Å². The third-order valence-corrected chi connectivity index (χ3v) is 2.58. The van der Waals surface area contributed by atoms with Crippen molar-refractivity contribution < 1.29 is 0 Å². The molecule has 0 aliphatic heterocycles. The van der Waals surface area contributed by atoms with Crippen LogP contribution in [0, 0.1) is 6.20 Å². The lowest BCUT2D eigenvalue weighted by atomic mass is 10.2. The molecule has 0 bridgehead atoms. The summed E-state index contributed by atoms with van der Waals surface area (Å²) in [5.41, 5.74) is 0.871. The molecule has 0 fully saturated rings. The molecule has 1 aromatic carbocycles. The lowest BCUT2D eigenvalue weighted by molar-refractivity contribution is 0.682. The minimum Gasteiger partial charge on any atom is -0.259 e. The van der Waals surface area contributed by atoms with E-state index < -0.39 is 0 Å². The van der Waals surface area contributed by atoms with E-state index in [0.717, 1.165) is 5.56 Å². The Morgan fingerprint density at radius 2 is 2.00 bits per heavy atom. The molecule has 4 heteroatoms. The molecule has 14 heavy (non-hydrogen) atoms. The molecule has 0 atom stereocenters.